The number of phenolic OH excluding ortho intramolecular Hbond substituents is 1. The maximum atomic E-state index is 13.0. The molecule has 0 atom stereocenters. The Balaban J connectivity index is 2.46. The molecule has 0 heterocycles. The molecule has 0 unspecified atom stereocenters. The lowest BCUT2D eigenvalue weighted by Gasteiger charge is -2.21. The lowest BCUT2D eigenvalue weighted by molar-refractivity contribution is 0.156. The number of benzene rings is 1. The molecule has 3 N–H and O–H groups in total. The minimum absolute atomic E-state index is 0.101. The van der Waals surface area contributed by atoms with Crippen LogP contribution in [0, 0.1) is 11.2 Å². The van der Waals surface area contributed by atoms with Crippen LogP contribution in [0.4, 0.5) is 4.39 Å². The number of phenols is 1. The predicted octanol–water partition coefficient (Wildman–Crippen LogP) is 1.64. The van der Waals surface area contributed by atoms with Crippen molar-refractivity contribution in [1.82, 2.24) is 5.32 Å². The maximum absolute atomic E-state index is 13.0. The summed E-state index contributed by atoms with van der Waals surface area (Å²) in [7, 11) is 0. The van der Waals surface area contributed by atoms with Gasteiger partial charge in [-0.2, -0.15) is 0 Å². The SMILES string of the molecule is CC(C)(CO)CNCc1ccc(O)c(F)c1. The summed E-state index contributed by atoms with van der Waals surface area (Å²) in [6.07, 6.45) is 0. The second-order valence-corrected chi connectivity index (χ2v) is 4.71. The first kappa shape index (κ1) is 12.9. The zero-order valence-corrected chi connectivity index (χ0v) is 9.63. The number of halogens is 1. The number of aliphatic hydroxyl groups is 1. The highest BCUT2D eigenvalue weighted by atomic mass is 19.1. The number of aliphatic hydroxyl groups excluding tert-OH is 1. The van der Waals surface area contributed by atoms with Gasteiger partial charge in [-0.15, -0.1) is 0 Å². The van der Waals surface area contributed by atoms with E-state index in [1.165, 1.54) is 12.1 Å². The minimum Gasteiger partial charge on any atom is -0.505 e. The molecule has 0 aliphatic rings. The van der Waals surface area contributed by atoms with Crippen LogP contribution >= 0.6 is 0 Å². The molecule has 0 spiro atoms. The average Bonchev–Trinajstić information content (AvgIpc) is 2.23. The van der Waals surface area contributed by atoms with Crippen molar-refractivity contribution in [2.24, 2.45) is 5.41 Å². The van der Waals surface area contributed by atoms with Crippen LogP contribution in [0.3, 0.4) is 0 Å². The molecule has 0 fully saturated rings. The van der Waals surface area contributed by atoms with Crippen molar-refractivity contribution >= 4 is 0 Å². The van der Waals surface area contributed by atoms with Gasteiger partial charge >= 0.3 is 0 Å². The predicted molar refractivity (Wildman–Crippen MR) is 60.6 cm³/mol. The topological polar surface area (TPSA) is 52.5 Å². The van der Waals surface area contributed by atoms with E-state index in [0.717, 1.165) is 5.56 Å². The molecule has 1 aromatic carbocycles. The van der Waals surface area contributed by atoms with Crippen LogP contribution in [-0.2, 0) is 6.54 Å². The van der Waals surface area contributed by atoms with Gasteiger partial charge in [0.2, 0.25) is 0 Å². The Labute approximate surface area is 94.9 Å². The number of aromatic hydroxyl groups is 1. The van der Waals surface area contributed by atoms with Crippen molar-refractivity contribution in [2.45, 2.75) is 20.4 Å². The van der Waals surface area contributed by atoms with E-state index < -0.39 is 5.82 Å². The lowest BCUT2D eigenvalue weighted by atomic mass is 9.95. The molecule has 0 saturated heterocycles. The Bertz CT molecular complexity index is 353. The molecule has 0 bridgehead atoms. The monoisotopic (exact) mass is 227 g/mol. The summed E-state index contributed by atoms with van der Waals surface area (Å²) in [6, 6.07) is 4.30. The normalized spacial score (nSPS) is 11.8. The molecular formula is C12H18FNO2. The van der Waals surface area contributed by atoms with Crippen molar-refractivity contribution in [3.63, 3.8) is 0 Å². The highest BCUT2D eigenvalue weighted by Gasteiger charge is 2.15. The Hall–Kier alpha value is -1.13. The van der Waals surface area contributed by atoms with E-state index in [1.807, 2.05) is 13.8 Å². The summed E-state index contributed by atoms with van der Waals surface area (Å²) in [5, 5.41) is 21.2. The minimum atomic E-state index is -0.610. The first-order chi connectivity index (χ1) is 7.44. The van der Waals surface area contributed by atoms with Gasteiger partial charge < -0.3 is 15.5 Å². The van der Waals surface area contributed by atoms with Gasteiger partial charge in [0.15, 0.2) is 11.6 Å². The summed E-state index contributed by atoms with van der Waals surface area (Å²) in [5.74, 6) is -0.944. The molecule has 0 amide bonds. The Morgan fingerprint density at radius 3 is 2.62 bits per heavy atom. The van der Waals surface area contributed by atoms with Crippen molar-refractivity contribution in [3.8, 4) is 5.75 Å². The van der Waals surface area contributed by atoms with Crippen LogP contribution in [0.15, 0.2) is 18.2 Å². The van der Waals surface area contributed by atoms with E-state index in [-0.39, 0.29) is 17.8 Å². The van der Waals surface area contributed by atoms with Crippen LogP contribution in [0.5, 0.6) is 5.75 Å². The van der Waals surface area contributed by atoms with Gasteiger partial charge in [0.25, 0.3) is 0 Å². The zero-order chi connectivity index (χ0) is 12.2. The molecular weight excluding hydrogens is 209 g/mol. The molecule has 3 nitrogen and oxygen atoms in total. The van der Waals surface area contributed by atoms with Crippen molar-refractivity contribution in [3.05, 3.63) is 29.6 Å². The first-order valence-electron chi connectivity index (χ1n) is 5.23. The maximum Gasteiger partial charge on any atom is 0.165 e. The van der Waals surface area contributed by atoms with Gasteiger partial charge in [0, 0.05) is 25.1 Å². The number of hydrogen-bond donors (Lipinski definition) is 3. The third-order valence-electron chi connectivity index (χ3n) is 2.37. The van der Waals surface area contributed by atoms with Crippen LogP contribution in [-0.4, -0.2) is 23.4 Å². The Morgan fingerprint density at radius 1 is 1.38 bits per heavy atom. The smallest absolute Gasteiger partial charge is 0.165 e. The number of rotatable bonds is 5. The van der Waals surface area contributed by atoms with E-state index in [4.69, 9.17) is 10.2 Å². The molecule has 0 aliphatic heterocycles. The van der Waals surface area contributed by atoms with Crippen molar-refractivity contribution in [1.29, 1.82) is 0 Å². The lowest BCUT2D eigenvalue weighted by Crippen LogP contribution is -2.31. The van der Waals surface area contributed by atoms with E-state index in [0.29, 0.717) is 13.1 Å². The zero-order valence-electron chi connectivity index (χ0n) is 9.63. The summed E-state index contributed by atoms with van der Waals surface area (Å²) >= 11 is 0. The van der Waals surface area contributed by atoms with Crippen LogP contribution in [0.2, 0.25) is 0 Å². The standard InChI is InChI=1S/C12H18FNO2/c1-12(2,8-15)7-14-6-9-3-4-11(16)10(13)5-9/h3-5,14-16H,6-8H2,1-2H3. The van der Waals surface area contributed by atoms with Crippen molar-refractivity contribution < 1.29 is 14.6 Å². The summed E-state index contributed by atoms with van der Waals surface area (Å²) in [5.41, 5.74) is 0.583. The Kier molecular flexibility index (Phi) is 4.26. The Morgan fingerprint density at radius 2 is 2.06 bits per heavy atom. The van der Waals surface area contributed by atoms with E-state index >= 15 is 0 Å². The fourth-order valence-electron chi connectivity index (χ4n) is 1.26. The van der Waals surface area contributed by atoms with E-state index in [2.05, 4.69) is 5.32 Å². The highest BCUT2D eigenvalue weighted by molar-refractivity contribution is 5.27. The molecule has 1 aromatic rings. The van der Waals surface area contributed by atoms with Gasteiger partial charge in [-0.05, 0) is 17.7 Å². The molecule has 0 aliphatic carbocycles. The molecule has 0 radical (unpaired) electrons. The summed E-state index contributed by atoms with van der Waals surface area (Å²) in [4.78, 5) is 0. The van der Waals surface area contributed by atoms with Gasteiger partial charge in [-0.1, -0.05) is 19.9 Å². The molecule has 16 heavy (non-hydrogen) atoms. The third kappa shape index (κ3) is 3.79. The van der Waals surface area contributed by atoms with Crippen LogP contribution < -0.4 is 5.32 Å². The van der Waals surface area contributed by atoms with E-state index in [1.54, 1.807) is 6.07 Å². The average molecular weight is 227 g/mol. The largest absolute Gasteiger partial charge is 0.505 e. The third-order valence-corrected chi connectivity index (χ3v) is 2.37. The number of nitrogens with one attached hydrogen (secondary N) is 1. The van der Waals surface area contributed by atoms with Gasteiger partial charge in [-0.25, -0.2) is 4.39 Å². The molecule has 0 aromatic heterocycles. The first-order valence-corrected chi connectivity index (χ1v) is 5.23. The van der Waals surface area contributed by atoms with Gasteiger partial charge in [0.1, 0.15) is 0 Å². The van der Waals surface area contributed by atoms with Crippen LogP contribution in [0.25, 0.3) is 0 Å². The highest BCUT2D eigenvalue weighted by Crippen LogP contribution is 2.16. The van der Waals surface area contributed by atoms with Crippen molar-refractivity contribution in [2.75, 3.05) is 13.2 Å². The second kappa shape index (κ2) is 5.27. The fourth-order valence-corrected chi connectivity index (χ4v) is 1.26. The fraction of sp³-hybridized carbons (Fsp3) is 0.500. The molecule has 90 valence electrons. The molecule has 1 rings (SSSR count). The molecule has 0 saturated carbocycles. The van der Waals surface area contributed by atoms with Gasteiger partial charge in [0.05, 0.1) is 0 Å². The van der Waals surface area contributed by atoms with Gasteiger partial charge in [-0.3, -0.25) is 0 Å². The summed E-state index contributed by atoms with van der Waals surface area (Å²) in [6.45, 7) is 5.14. The molecule has 4 heteroatoms. The number of hydrogen-bond acceptors (Lipinski definition) is 3. The quantitative estimate of drug-likeness (QED) is 0.716. The second-order valence-electron chi connectivity index (χ2n) is 4.71. The van der Waals surface area contributed by atoms with E-state index in [9.17, 15) is 4.39 Å². The summed E-state index contributed by atoms with van der Waals surface area (Å²) < 4.78 is 13.0. The van der Waals surface area contributed by atoms with Crippen LogP contribution in [0.1, 0.15) is 19.4 Å².